The molecule has 0 aliphatic heterocycles. The quantitative estimate of drug-likeness (QED) is 0.756. The van der Waals surface area contributed by atoms with Crippen molar-refractivity contribution in [2.75, 3.05) is 6.61 Å². The number of aryl methyl sites for hydroxylation is 1. The van der Waals surface area contributed by atoms with Crippen LogP contribution in [0.3, 0.4) is 0 Å². The first-order chi connectivity index (χ1) is 9.43. The molecule has 108 valence electrons. The van der Waals surface area contributed by atoms with Crippen molar-refractivity contribution in [2.24, 2.45) is 0 Å². The molecule has 1 aromatic rings. The zero-order valence-corrected chi connectivity index (χ0v) is 11.8. The van der Waals surface area contributed by atoms with Crippen LogP contribution >= 0.6 is 11.6 Å². The molecule has 20 heavy (non-hydrogen) atoms. The van der Waals surface area contributed by atoms with E-state index in [1.54, 1.807) is 18.2 Å². The summed E-state index contributed by atoms with van der Waals surface area (Å²) in [6.45, 7) is 5.00. The highest BCUT2D eigenvalue weighted by Crippen LogP contribution is 2.20. The van der Waals surface area contributed by atoms with Gasteiger partial charge in [0.25, 0.3) is 5.91 Å². The summed E-state index contributed by atoms with van der Waals surface area (Å²) in [6.07, 6.45) is 1.59. The van der Waals surface area contributed by atoms with Crippen LogP contribution in [0.4, 0.5) is 0 Å². The minimum absolute atomic E-state index is 0.154. The van der Waals surface area contributed by atoms with E-state index in [4.69, 9.17) is 21.4 Å². The topological polar surface area (TPSA) is 75.6 Å². The molecule has 0 spiro atoms. The Bertz CT molecular complexity index is 516. The predicted octanol–water partition coefficient (Wildman–Crippen LogP) is 2.17. The molecule has 0 saturated carbocycles. The van der Waals surface area contributed by atoms with Crippen molar-refractivity contribution in [1.82, 2.24) is 5.32 Å². The second-order valence-electron chi connectivity index (χ2n) is 4.18. The Morgan fingerprint density at radius 2 is 2.25 bits per heavy atom. The van der Waals surface area contributed by atoms with Gasteiger partial charge in [-0.05, 0) is 37.1 Å². The number of carbonyl (C=O) groups is 2. The van der Waals surface area contributed by atoms with Crippen LogP contribution in [-0.2, 0) is 9.59 Å². The number of nitrogens with one attached hydrogen (secondary N) is 1. The highest BCUT2D eigenvalue weighted by atomic mass is 35.5. The number of carboxylic acids is 1. The van der Waals surface area contributed by atoms with Crippen molar-refractivity contribution in [3.63, 3.8) is 0 Å². The lowest BCUT2D eigenvalue weighted by Crippen LogP contribution is -2.42. The van der Waals surface area contributed by atoms with Crippen LogP contribution < -0.4 is 10.1 Å². The first kappa shape index (κ1) is 16.0. The van der Waals surface area contributed by atoms with Crippen LogP contribution in [0, 0.1) is 6.92 Å². The Labute approximate surface area is 122 Å². The molecule has 1 rings (SSSR count). The molecule has 5 nitrogen and oxygen atoms in total. The summed E-state index contributed by atoms with van der Waals surface area (Å²) in [5.41, 5.74) is 0.833. The first-order valence-electron chi connectivity index (χ1n) is 5.96. The Morgan fingerprint density at radius 3 is 2.80 bits per heavy atom. The van der Waals surface area contributed by atoms with Crippen LogP contribution in [0.15, 0.2) is 30.9 Å². The normalized spacial score (nSPS) is 11.5. The summed E-state index contributed by atoms with van der Waals surface area (Å²) >= 11 is 5.87. The van der Waals surface area contributed by atoms with E-state index in [0.717, 1.165) is 5.56 Å². The number of rotatable bonds is 7. The van der Waals surface area contributed by atoms with Gasteiger partial charge in [0.15, 0.2) is 6.61 Å². The van der Waals surface area contributed by atoms with Gasteiger partial charge >= 0.3 is 5.97 Å². The highest BCUT2D eigenvalue weighted by Gasteiger charge is 2.18. The van der Waals surface area contributed by atoms with E-state index in [-0.39, 0.29) is 13.0 Å². The molecule has 1 unspecified atom stereocenters. The SMILES string of the molecule is C=CCC(NC(=O)COc1ccc(Cl)c(C)c1)C(=O)O. The van der Waals surface area contributed by atoms with Crippen molar-refractivity contribution in [3.05, 3.63) is 41.4 Å². The maximum Gasteiger partial charge on any atom is 0.326 e. The molecule has 2 N–H and O–H groups in total. The molecule has 0 saturated heterocycles. The molecular weight excluding hydrogens is 282 g/mol. The van der Waals surface area contributed by atoms with Gasteiger partial charge in [0.1, 0.15) is 11.8 Å². The van der Waals surface area contributed by atoms with Crippen molar-refractivity contribution < 1.29 is 19.4 Å². The number of aliphatic carboxylic acids is 1. The van der Waals surface area contributed by atoms with Crippen LogP contribution in [-0.4, -0.2) is 29.6 Å². The maximum atomic E-state index is 11.6. The largest absolute Gasteiger partial charge is 0.484 e. The third-order valence-corrected chi connectivity index (χ3v) is 2.96. The lowest BCUT2D eigenvalue weighted by Gasteiger charge is -2.13. The minimum atomic E-state index is -1.11. The summed E-state index contributed by atoms with van der Waals surface area (Å²) in [5, 5.41) is 11.9. The first-order valence-corrected chi connectivity index (χ1v) is 6.34. The second-order valence-corrected chi connectivity index (χ2v) is 4.59. The number of ether oxygens (including phenoxy) is 1. The average Bonchev–Trinajstić information content (AvgIpc) is 2.39. The van der Waals surface area contributed by atoms with Crippen LogP contribution in [0.5, 0.6) is 5.75 Å². The van der Waals surface area contributed by atoms with Crippen molar-refractivity contribution in [2.45, 2.75) is 19.4 Å². The molecule has 0 heterocycles. The highest BCUT2D eigenvalue weighted by molar-refractivity contribution is 6.31. The molecule has 1 aromatic carbocycles. The van der Waals surface area contributed by atoms with Gasteiger partial charge in [0, 0.05) is 5.02 Å². The number of halogens is 1. The lowest BCUT2D eigenvalue weighted by molar-refractivity contribution is -0.142. The van der Waals surface area contributed by atoms with Gasteiger partial charge in [-0.3, -0.25) is 4.79 Å². The third kappa shape index (κ3) is 4.93. The van der Waals surface area contributed by atoms with Crippen molar-refractivity contribution >= 4 is 23.5 Å². The fourth-order valence-corrected chi connectivity index (χ4v) is 1.60. The van der Waals surface area contributed by atoms with Gasteiger partial charge in [0.2, 0.25) is 0 Å². The summed E-state index contributed by atoms with van der Waals surface area (Å²) in [6, 6.07) is 4.02. The number of carboxylic acid groups (broad SMARTS) is 1. The van der Waals surface area contributed by atoms with Crippen LogP contribution in [0.2, 0.25) is 5.02 Å². The van der Waals surface area contributed by atoms with E-state index < -0.39 is 17.9 Å². The third-order valence-electron chi connectivity index (χ3n) is 2.54. The maximum absolute atomic E-state index is 11.6. The molecule has 0 bridgehead atoms. The summed E-state index contributed by atoms with van der Waals surface area (Å²) in [4.78, 5) is 22.5. The molecule has 0 aromatic heterocycles. The zero-order valence-electron chi connectivity index (χ0n) is 11.1. The van der Waals surface area contributed by atoms with Gasteiger partial charge in [-0.2, -0.15) is 0 Å². The molecule has 0 aliphatic carbocycles. The van der Waals surface area contributed by atoms with E-state index in [1.165, 1.54) is 6.08 Å². The fourth-order valence-electron chi connectivity index (χ4n) is 1.48. The number of carbonyl (C=O) groups excluding carboxylic acids is 1. The van der Waals surface area contributed by atoms with Gasteiger partial charge in [-0.1, -0.05) is 17.7 Å². The minimum Gasteiger partial charge on any atom is -0.484 e. The Kier molecular flexibility index (Phi) is 6.06. The van der Waals surface area contributed by atoms with Crippen molar-refractivity contribution in [1.29, 1.82) is 0 Å². The smallest absolute Gasteiger partial charge is 0.326 e. The second kappa shape index (κ2) is 7.55. The number of hydrogen-bond donors (Lipinski definition) is 2. The predicted molar refractivity (Wildman–Crippen MR) is 76.1 cm³/mol. The molecule has 1 amide bonds. The molecule has 0 radical (unpaired) electrons. The number of hydrogen-bond acceptors (Lipinski definition) is 3. The fraction of sp³-hybridized carbons (Fsp3) is 0.286. The molecule has 0 fully saturated rings. The molecule has 6 heteroatoms. The summed E-state index contributed by atoms with van der Waals surface area (Å²) in [5.74, 6) is -1.12. The van der Waals surface area contributed by atoms with Gasteiger partial charge in [-0.15, -0.1) is 6.58 Å². The Balaban J connectivity index is 2.52. The Hall–Kier alpha value is -2.01. The summed E-state index contributed by atoms with van der Waals surface area (Å²) in [7, 11) is 0. The molecule has 0 aliphatic rings. The van der Waals surface area contributed by atoms with E-state index in [2.05, 4.69) is 11.9 Å². The summed E-state index contributed by atoms with van der Waals surface area (Å²) < 4.78 is 5.27. The number of benzene rings is 1. The van der Waals surface area contributed by atoms with E-state index in [9.17, 15) is 9.59 Å². The monoisotopic (exact) mass is 297 g/mol. The standard InChI is InChI=1S/C14H16ClNO4/c1-3-4-12(14(18)19)16-13(17)8-20-10-5-6-11(15)9(2)7-10/h3,5-7,12H,1,4,8H2,2H3,(H,16,17)(H,18,19). The molecule has 1 atom stereocenters. The molecular formula is C14H16ClNO4. The van der Waals surface area contributed by atoms with Gasteiger partial charge in [-0.25, -0.2) is 4.79 Å². The zero-order chi connectivity index (χ0) is 15.1. The van der Waals surface area contributed by atoms with E-state index in [0.29, 0.717) is 10.8 Å². The van der Waals surface area contributed by atoms with Gasteiger partial charge < -0.3 is 15.2 Å². The Morgan fingerprint density at radius 1 is 1.55 bits per heavy atom. The number of amides is 1. The average molecular weight is 298 g/mol. The van der Waals surface area contributed by atoms with Crippen molar-refractivity contribution in [3.8, 4) is 5.75 Å². The van der Waals surface area contributed by atoms with E-state index >= 15 is 0 Å². The van der Waals surface area contributed by atoms with E-state index in [1.807, 2.05) is 6.92 Å². The lowest BCUT2D eigenvalue weighted by atomic mass is 10.2. The van der Waals surface area contributed by atoms with Crippen LogP contribution in [0.25, 0.3) is 0 Å². The van der Waals surface area contributed by atoms with Crippen LogP contribution in [0.1, 0.15) is 12.0 Å². The van der Waals surface area contributed by atoms with Gasteiger partial charge in [0.05, 0.1) is 0 Å².